The molecule has 1 atom stereocenters. The lowest BCUT2D eigenvalue weighted by Gasteiger charge is -2.29. The quantitative estimate of drug-likeness (QED) is 0.690. The Kier molecular flexibility index (Phi) is 4.77. The maximum atomic E-state index is 13.2. The normalized spacial score (nSPS) is 17.3. The molecule has 23 heavy (non-hydrogen) atoms. The van der Waals surface area contributed by atoms with Crippen molar-refractivity contribution in [2.24, 2.45) is 0 Å². The van der Waals surface area contributed by atoms with Gasteiger partial charge in [-0.1, -0.05) is 18.2 Å². The molecular formula is C16H15ClF3NO2. The highest BCUT2D eigenvalue weighted by atomic mass is 35.5. The first-order valence-corrected chi connectivity index (χ1v) is 6.82. The predicted octanol–water partition coefficient (Wildman–Crippen LogP) is 3.77. The van der Waals surface area contributed by atoms with Crippen molar-refractivity contribution >= 4 is 12.4 Å². The van der Waals surface area contributed by atoms with Crippen molar-refractivity contribution in [2.75, 3.05) is 6.54 Å². The van der Waals surface area contributed by atoms with E-state index in [0.29, 0.717) is 18.5 Å². The third-order valence-corrected chi connectivity index (χ3v) is 3.87. The monoisotopic (exact) mass is 345 g/mol. The molecular weight excluding hydrogens is 331 g/mol. The summed E-state index contributed by atoms with van der Waals surface area (Å²) in [6.45, 7) is 0.494. The smallest absolute Gasteiger partial charge is 0.416 e. The van der Waals surface area contributed by atoms with Gasteiger partial charge in [0.2, 0.25) is 0 Å². The van der Waals surface area contributed by atoms with E-state index in [1.165, 1.54) is 24.3 Å². The van der Waals surface area contributed by atoms with Crippen molar-refractivity contribution in [3.63, 3.8) is 0 Å². The highest BCUT2D eigenvalue weighted by Crippen LogP contribution is 2.40. The average molecular weight is 346 g/mol. The first-order valence-electron chi connectivity index (χ1n) is 6.82. The molecule has 0 aromatic heterocycles. The van der Waals surface area contributed by atoms with Gasteiger partial charge >= 0.3 is 6.18 Å². The summed E-state index contributed by atoms with van der Waals surface area (Å²) in [4.78, 5) is 0. The Balaban J connectivity index is 0.00000192. The van der Waals surface area contributed by atoms with Gasteiger partial charge in [-0.15, -0.1) is 12.4 Å². The SMILES string of the molecule is Cl.Oc1cc2c(cc1O)C(c1ccccc1C(F)(F)F)NCC2. The van der Waals surface area contributed by atoms with Crippen LogP contribution in [0.2, 0.25) is 0 Å². The van der Waals surface area contributed by atoms with Gasteiger partial charge in [0.05, 0.1) is 11.6 Å². The number of alkyl halides is 3. The lowest BCUT2D eigenvalue weighted by Crippen LogP contribution is -2.32. The van der Waals surface area contributed by atoms with Crippen LogP contribution >= 0.6 is 12.4 Å². The molecule has 1 heterocycles. The number of rotatable bonds is 1. The molecule has 2 aromatic rings. The van der Waals surface area contributed by atoms with Crippen LogP contribution in [-0.4, -0.2) is 16.8 Å². The maximum absolute atomic E-state index is 13.2. The van der Waals surface area contributed by atoms with E-state index in [1.54, 1.807) is 6.07 Å². The maximum Gasteiger partial charge on any atom is 0.416 e. The Bertz CT molecular complexity index is 719. The first-order chi connectivity index (χ1) is 10.4. The summed E-state index contributed by atoms with van der Waals surface area (Å²) in [7, 11) is 0. The molecule has 3 N–H and O–H groups in total. The van der Waals surface area contributed by atoms with Crippen LogP contribution in [0.15, 0.2) is 36.4 Å². The topological polar surface area (TPSA) is 52.5 Å². The zero-order valence-electron chi connectivity index (χ0n) is 11.9. The van der Waals surface area contributed by atoms with E-state index in [-0.39, 0.29) is 29.5 Å². The van der Waals surface area contributed by atoms with Crippen molar-refractivity contribution in [3.8, 4) is 11.5 Å². The zero-order valence-corrected chi connectivity index (χ0v) is 12.7. The van der Waals surface area contributed by atoms with Crippen LogP contribution in [0, 0.1) is 0 Å². The van der Waals surface area contributed by atoms with E-state index in [2.05, 4.69) is 5.32 Å². The van der Waals surface area contributed by atoms with Crippen LogP contribution in [0.4, 0.5) is 13.2 Å². The van der Waals surface area contributed by atoms with E-state index in [9.17, 15) is 23.4 Å². The molecule has 1 unspecified atom stereocenters. The standard InChI is InChI=1S/C16H14F3NO2.ClH/c17-16(18,19)12-4-2-1-3-10(12)15-11-8-14(22)13(21)7-9(11)5-6-20-15;/h1-4,7-8,15,20-22H,5-6H2;1H. The Morgan fingerprint density at radius 1 is 1.00 bits per heavy atom. The fourth-order valence-electron chi connectivity index (χ4n) is 2.87. The van der Waals surface area contributed by atoms with Gasteiger partial charge in [0.15, 0.2) is 11.5 Å². The molecule has 0 saturated heterocycles. The van der Waals surface area contributed by atoms with Gasteiger partial charge in [-0.2, -0.15) is 13.2 Å². The van der Waals surface area contributed by atoms with E-state index in [4.69, 9.17) is 0 Å². The largest absolute Gasteiger partial charge is 0.504 e. The van der Waals surface area contributed by atoms with Crippen molar-refractivity contribution in [1.29, 1.82) is 0 Å². The van der Waals surface area contributed by atoms with E-state index >= 15 is 0 Å². The molecule has 0 radical (unpaired) electrons. The van der Waals surface area contributed by atoms with Crippen LogP contribution in [0.25, 0.3) is 0 Å². The van der Waals surface area contributed by atoms with Crippen molar-refractivity contribution in [1.82, 2.24) is 5.32 Å². The molecule has 7 heteroatoms. The predicted molar refractivity (Wildman–Crippen MR) is 82.0 cm³/mol. The van der Waals surface area contributed by atoms with E-state index in [1.807, 2.05) is 0 Å². The minimum absolute atomic E-state index is 0. The van der Waals surface area contributed by atoms with E-state index < -0.39 is 17.8 Å². The van der Waals surface area contributed by atoms with Gasteiger partial charge in [0.25, 0.3) is 0 Å². The molecule has 0 fully saturated rings. The Hall–Kier alpha value is -1.92. The van der Waals surface area contributed by atoms with Crippen LogP contribution in [0.1, 0.15) is 28.3 Å². The number of benzene rings is 2. The third kappa shape index (κ3) is 3.23. The van der Waals surface area contributed by atoms with Crippen LogP contribution in [0.3, 0.4) is 0 Å². The van der Waals surface area contributed by atoms with Crippen molar-refractivity contribution in [3.05, 3.63) is 58.7 Å². The first kappa shape index (κ1) is 17.4. The lowest BCUT2D eigenvalue weighted by molar-refractivity contribution is -0.138. The second kappa shape index (κ2) is 6.29. The highest BCUT2D eigenvalue weighted by Gasteiger charge is 2.36. The molecule has 0 spiro atoms. The molecule has 3 nitrogen and oxygen atoms in total. The Morgan fingerprint density at radius 3 is 2.35 bits per heavy atom. The number of hydrogen-bond donors (Lipinski definition) is 3. The van der Waals surface area contributed by atoms with Crippen molar-refractivity contribution in [2.45, 2.75) is 18.6 Å². The zero-order chi connectivity index (χ0) is 15.9. The molecule has 0 saturated carbocycles. The van der Waals surface area contributed by atoms with Crippen LogP contribution < -0.4 is 5.32 Å². The lowest BCUT2D eigenvalue weighted by atomic mass is 9.87. The number of aromatic hydroxyl groups is 2. The number of phenols is 2. The summed E-state index contributed by atoms with van der Waals surface area (Å²) in [5.41, 5.74) is 0.697. The summed E-state index contributed by atoms with van der Waals surface area (Å²) >= 11 is 0. The number of halogens is 4. The van der Waals surface area contributed by atoms with Gasteiger partial charge in [0, 0.05) is 6.54 Å². The summed E-state index contributed by atoms with van der Waals surface area (Å²) in [6, 6.07) is 7.45. The molecule has 3 rings (SSSR count). The summed E-state index contributed by atoms with van der Waals surface area (Å²) in [6.07, 6.45) is -3.87. The number of hydrogen-bond acceptors (Lipinski definition) is 3. The van der Waals surface area contributed by atoms with Crippen LogP contribution in [-0.2, 0) is 12.6 Å². The fourth-order valence-corrected chi connectivity index (χ4v) is 2.87. The second-order valence-corrected chi connectivity index (χ2v) is 5.26. The number of fused-ring (bicyclic) bond motifs is 1. The summed E-state index contributed by atoms with van der Waals surface area (Å²) in [5, 5.41) is 22.3. The van der Waals surface area contributed by atoms with Crippen LogP contribution in [0.5, 0.6) is 11.5 Å². The minimum atomic E-state index is -4.45. The molecule has 1 aliphatic rings. The Labute approximate surface area is 137 Å². The van der Waals surface area contributed by atoms with Gasteiger partial charge in [-0.3, -0.25) is 0 Å². The van der Waals surface area contributed by atoms with Crippen molar-refractivity contribution < 1.29 is 23.4 Å². The molecule has 0 amide bonds. The second-order valence-electron chi connectivity index (χ2n) is 5.26. The molecule has 0 aliphatic carbocycles. The van der Waals surface area contributed by atoms with Gasteiger partial charge in [-0.05, 0) is 41.3 Å². The molecule has 0 bridgehead atoms. The van der Waals surface area contributed by atoms with Gasteiger partial charge < -0.3 is 15.5 Å². The van der Waals surface area contributed by atoms with Gasteiger partial charge in [0.1, 0.15) is 0 Å². The highest BCUT2D eigenvalue weighted by molar-refractivity contribution is 5.85. The molecule has 124 valence electrons. The summed E-state index contributed by atoms with van der Waals surface area (Å²) in [5.74, 6) is -0.597. The fraction of sp³-hybridized carbons (Fsp3) is 0.250. The average Bonchev–Trinajstić information content (AvgIpc) is 2.47. The van der Waals surface area contributed by atoms with E-state index in [0.717, 1.165) is 11.6 Å². The number of nitrogens with one attached hydrogen (secondary N) is 1. The third-order valence-electron chi connectivity index (χ3n) is 3.87. The number of phenolic OH excluding ortho intramolecular Hbond substituents is 2. The van der Waals surface area contributed by atoms with Gasteiger partial charge in [-0.25, -0.2) is 0 Å². The Morgan fingerprint density at radius 2 is 1.65 bits per heavy atom. The molecule has 2 aromatic carbocycles. The minimum Gasteiger partial charge on any atom is -0.504 e. The molecule has 1 aliphatic heterocycles. The summed E-state index contributed by atoms with van der Waals surface area (Å²) < 4.78 is 39.6.